The zero-order chi connectivity index (χ0) is 15.3. The molecule has 1 rings (SSSR count). The average Bonchev–Trinajstić information content (AvgIpc) is 2.29. The molecular formula is C17H27BrO2. The van der Waals surface area contributed by atoms with Gasteiger partial charge in [0.15, 0.2) is 0 Å². The van der Waals surface area contributed by atoms with Gasteiger partial charge in [-0.1, -0.05) is 43.6 Å². The fourth-order valence-electron chi connectivity index (χ4n) is 2.70. The Labute approximate surface area is 131 Å². The number of benzene rings is 1. The van der Waals surface area contributed by atoms with Crippen LogP contribution in [0.25, 0.3) is 0 Å². The van der Waals surface area contributed by atoms with Gasteiger partial charge >= 0.3 is 0 Å². The fraction of sp³-hybridized carbons (Fsp3) is 0.647. The predicted molar refractivity (Wildman–Crippen MR) is 88.1 cm³/mol. The Bertz CT molecular complexity index is 423. The van der Waals surface area contributed by atoms with Crippen molar-refractivity contribution in [1.82, 2.24) is 0 Å². The molecule has 114 valence electrons. The van der Waals surface area contributed by atoms with Crippen molar-refractivity contribution < 1.29 is 9.84 Å². The molecule has 0 radical (unpaired) electrons. The summed E-state index contributed by atoms with van der Waals surface area (Å²) in [5.74, 6) is 1.25. The van der Waals surface area contributed by atoms with Gasteiger partial charge in [-0.2, -0.15) is 0 Å². The van der Waals surface area contributed by atoms with Crippen LogP contribution in [0.5, 0.6) is 5.75 Å². The highest BCUT2D eigenvalue weighted by Gasteiger charge is 2.21. The number of hydrogen-bond donors (Lipinski definition) is 1. The summed E-state index contributed by atoms with van der Waals surface area (Å²) in [5, 5.41) is 10.5. The molecule has 0 aliphatic heterocycles. The van der Waals surface area contributed by atoms with Crippen molar-refractivity contribution in [3.8, 4) is 5.75 Å². The topological polar surface area (TPSA) is 29.5 Å². The third kappa shape index (κ3) is 5.84. The summed E-state index contributed by atoms with van der Waals surface area (Å²) in [5.41, 5.74) is 1.17. The zero-order valence-electron chi connectivity index (χ0n) is 13.2. The number of aliphatic hydroxyl groups is 1. The Hall–Kier alpha value is -0.540. The van der Waals surface area contributed by atoms with E-state index < -0.39 is 6.10 Å². The molecule has 0 aromatic heterocycles. The second kappa shape index (κ2) is 7.46. The summed E-state index contributed by atoms with van der Waals surface area (Å²) in [6.07, 6.45) is 1.38. The molecule has 1 aromatic rings. The van der Waals surface area contributed by atoms with Crippen LogP contribution in [0.4, 0.5) is 0 Å². The van der Waals surface area contributed by atoms with Crippen LogP contribution in [0.1, 0.15) is 59.1 Å². The highest BCUT2D eigenvalue weighted by atomic mass is 79.9. The van der Waals surface area contributed by atoms with Gasteiger partial charge in [-0.25, -0.2) is 0 Å². The smallest absolute Gasteiger partial charge is 0.125 e. The van der Waals surface area contributed by atoms with Crippen LogP contribution in [0.2, 0.25) is 0 Å². The van der Waals surface area contributed by atoms with Crippen molar-refractivity contribution in [3.05, 3.63) is 28.2 Å². The Morgan fingerprint density at radius 2 is 1.95 bits per heavy atom. The minimum absolute atomic E-state index is 0.291. The molecular weight excluding hydrogens is 316 g/mol. The fourth-order valence-corrected chi connectivity index (χ4v) is 3.08. The summed E-state index contributed by atoms with van der Waals surface area (Å²) in [7, 11) is 0. The van der Waals surface area contributed by atoms with E-state index in [4.69, 9.17) is 4.74 Å². The van der Waals surface area contributed by atoms with Crippen molar-refractivity contribution in [3.63, 3.8) is 0 Å². The van der Waals surface area contributed by atoms with Crippen molar-refractivity contribution in [2.75, 3.05) is 6.61 Å². The van der Waals surface area contributed by atoms with E-state index in [1.807, 2.05) is 25.1 Å². The lowest BCUT2D eigenvalue weighted by molar-refractivity contribution is 0.130. The van der Waals surface area contributed by atoms with Gasteiger partial charge in [0.05, 0.1) is 12.7 Å². The normalized spacial score (nSPS) is 14.9. The molecule has 0 amide bonds. The SMILES string of the molecule is CCOc1ccc(Br)cc1C(O)CC(C)CC(C)(C)C. The van der Waals surface area contributed by atoms with E-state index in [0.717, 1.165) is 28.6 Å². The molecule has 20 heavy (non-hydrogen) atoms. The lowest BCUT2D eigenvalue weighted by Crippen LogP contribution is -2.14. The molecule has 1 aromatic carbocycles. The van der Waals surface area contributed by atoms with Crippen LogP contribution < -0.4 is 4.74 Å². The minimum atomic E-state index is -0.480. The summed E-state index contributed by atoms with van der Waals surface area (Å²) < 4.78 is 6.59. The molecule has 0 heterocycles. The van der Waals surface area contributed by atoms with Gasteiger partial charge in [0.25, 0.3) is 0 Å². The van der Waals surface area contributed by atoms with E-state index in [1.54, 1.807) is 0 Å². The van der Waals surface area contributed by atoms with Gasteiger partial charge in [0, 0.05) is 10.0 Å². The number of ether oxygens (including phenoxy) is 1. The predicted octanol–water partition coefficient (Wildman–Crippen LogP) is 5.34. The second-order valence-corrected chi connectivity index (χ2v) is 7.65. The standard InChI is InChI=1S/C17H27BrO2/c1-6-20-16-8-7-13(18)10-14(16)15(19)9-12(2)11-17(3,4)5/h7-8,10,12,15,19H,6,9,11H2,1-5H3. The summed E-state index contributed by atoms with van der Waals surface area (Å²) in [6.45, 7) is 11.5. The zero-order valence-corrected chi connectivity index (χ0v) is 14.8. The third-order valence-electron chi connectivity index (χ3n) is 3.22. The van der Waals surface area contributed by atoms with Gasteiger partial charge in [0.2, 0.25) is 0 Å². The first-order chi connectivity index (χ1) is 9.23. The number of aliphatic hydroxyl groups excluding tert-OH is 1. The largest absolute Gasteiger partial charge is 0.493 e. The first-order valence-corrected chi connectivity index (χ1v) is 8.12. The Kier molecular flexibility index (Phi) is 6.53. The van der Waals surface area contributed by atoms with E-state index in [2.05, 4.69) is 43.6 Å². The van der Waals surface area contributed by atoms with Gasteiger partial charge in [-0.05, 0) is 49.3 Å². The lowest BCUT2D eigenvalue weighted by atomic mass is 9.82. The van der Waals surface area contributed by atoms with Gasteiger partial charge in [0.1, 0.15) is 5.75 Å². The maximum absolute atomic E-state index is 10.5. The van der Waals surface area contributed by atoms with E-state index in [1.165, 1.54) is 0 Å². The highest BCUT2D eigenvalue weighted by molar-refractivity contribution is 9.10. The molecule has 0 fully saturated rings. The van der Waals surface area contributed by atoms with Gasteiger partial charge in [-0.15, -0.1) is 0 Å². The van der Waals surface area contributed by atoms with Crippen LogP contribution in [0.3, 0.4) is 0 Å². The molecule has 0 spiro atoms. The van der Waals surface area contributed by atoms with Crippen molar-refractivity contribution in [2.45, 2.75) is 53.6 Å². The molecule has 0 aliphatic carbocycles. The molecule has 2 unspecified atom stereocenters. The summed E-state index contributed by atoms with van der Waals surface area (Å²) >= 11 is 3.46. The van der Waals surface area contributed by atoms with E-state index in [9.17, 15) is 5.11 Å². The summed E-state index contributed by atoms with van der Waals surface area (Å²) in [6, 6.07) is 5.82. The van der Waals surface area contributed by atoms with E-state index >= 15 is 0 Å². The quantitative estimate of drug-likeness (QED) is 0.755. The molecule has 2 nitrogen and oxygen atoms in total. The molecule has 0 saturated carbocycles. The van der Waals surface area contributed by atoms with Crippen molar-refractivity contribution in [2.24, 2.45) is 11.3 Å². The Balaban J connectivity index is 2.80. The molecule has 3 heteroatoms. The third-order valence-corrected chi connectivity index (χ3v) is 3.71. The number of hydrogen-bond acceptors (Lipinski definition) is 2. The molecule has 0 bridgehead atoms. The average molecular weight is 343 g/mol. The molecule has 1 N–H and O–H groups in total. The van der Waals surface area contributed by atoms with Gasteiger partial charge in [-0.3, -0.25) is 0 Å². The minimum Gasteiger partial charge on any atom is -0.493 e. The van der Waals surface area contributed by atoms with Crippen LogP contribution in [0.15, 0.2) is 22.7 Å². The maximum atomic E-state index is 10.5. The molecule has 0 aliphatic rings. The van der Waals surface area contributed by atoms with Crippen molar-refractivity contribution >= 4 is 15.9 Å². The second-order valence-electron chi connectivity index (χ2n) is 6.74. The monoisotopic (exact) mass is 342 g/mol. The summed E-state index contributed by atoms with van der Waals surface area (Å²) in [4.78, 5) is 0. The first-order valence-electron chi connectivity index (χ1n) is 7.33. The van der Waals surface area contributed by atoms with Crippen LogP contribution in [-0.4, -0.2) is 11.7 Å². The first kappa shape index (κ1) is 17.5. The van der Waals surface area contributed by atoms with Gasteiger partial charge < -0.3 is 9.84 Å². The molecule has 2 atom stereocenters. The maximum Gasteiger partial charge on any atom is 0.125 e. The Morgan fingerprint density at radius 3 is 2.50 bits per heavy atom. The van der Waals surface area contributed by atoms with E-state index in [-0.39, 0.29) is 0 Å². The molecule has 0 saturated heterocycles. The van der Waals surface area contributed by atoms with Crippen LogP contribution >= 0.6 is 15.9 Å². The number of rotatable bonds is 6. The van der Waals surface area contributed by atoms with E-state index in [0.29, 0.717) is 17.9 Å². The Morgan fingerprint density at radius 1 is 1.30 bits per heavy atom. The highest BCUT2D eigenvalue weighted by Crippen LogP contribution is 2.35. The number of halogens is 1. The van der Waals surface area contributed by atoms with Crippen LogP contribution in [-0.2, 0) is 0 Å². The lowest BCUT2D eigenvalue weighted by Gasteiger charge is -2.25. The van der Waals surface area contributed by atoms with Crippen molar-refractivity contribution in [1.29, 1.82) is 0 Å². The van der Waals surface area contributed by atoms with Crippen LogP contribution in [0, 0.1) is 11.3 Å².